The maximum atomic E-state index is 5.74. The predicted octanol–water partition coefficient (Wildman–Crippen LogP) is 3.26. The fourth-order valence-corrected chi connectivity index (χ4v) is 2.84. The number of hydrogen-bond acceptors (Lipinski definition) is 3. The first-order valence-electron chi connectivity index (χ1n) is 7.34. The molecule has 2 unspecified atom stereocenters. The molecule has 0 saturated heterocycles. The van der Waals surface area contributed by atoms with Crippen LogP contribution in [-0.4, -0.2) is 9.55 Å². The Morgan fingerprint density at radius 3 is 2.63 bits per heavy atom. The lowest BCUT2D eigenvalue weighted by Crippen LogP contribution is -2.32. The van der Waals surface area contributed by atoms with Gasteiger partial charge in [-0.15, -0.1) is 0 Å². The van der Waals surface area contributed by atoms with Gasteiger partial charge in [0, 0.05) is 18.9 Å². The molecule has 1 heterocycles. The molecule has 0 spiro atoms. The molecule has 0 aliphatic carbocycles. The number of imidazole rings is 1. The third-order valence-corrected chi connectivity index (χ3v) is 3.32. The maximum absolute atomic E-state index is 5.74. The van der Waals surface area contributed by atoms with E-state index >= 15 is 0 Å². The van der Waals surface area contributed by atoms with E-state index in [1.807, 2.05) is 12.4 Å². The Labute approximate surface area is 117 Å². The fraction of sp³-hybridized carbons (Fsp3) is 0.800. The van der Waals surface area contributed by atoms with Crippen LogP contribution >= 0.6 is 0 Å². The zero-order valence-electron chi connectivity index (χ0n) is 13.1. The highest BCUT2D eigenvalue weighted by atomic mass is 15.3. The molecule has 19 heavy (non-hydrogen) atoms. The first-order valence-corrected chi connectivity index (χ1v) is 7.34. The number of aryl methyl sites for hydroxylation is 1. The highest BCUT2D eigenvalue weighted by Gasteiger charge is 2.22. The Morgan fingerprint density at radius 1 is 1.42 bits per heavy atom. The average molecular weight is 266 g/mol. The molecular weight excluding hydrogens is 236 g/mol. The Balaban J connectivity index is 2.69. The molecule has 0 bridgehead atoms. The van der Waals surface area contributed by atoms with Crippen LogP contribution < -0.4 is 11.3 Å². The molecule has 0 saturated carbocycles. The van der Waals surface area contributed by atoms with E-state index in [2.05, 4.69) is 49.6 Å². The van der Waals surface area contributed by atoms with Crippen LogP contribution in [0.5, 0.6) is 0 Å². The number of hydrogen-bond donors (Lipinski definition) is 2. The van der Waals surface area contributed by atoms with E-state index < -0.39 is 0 Å². The molecule has 1 aromatic heterocycles. The van der Waals surface area contributed by atoms with E-state index in [0.29, 0.717) is 11.3 Å². The molecule has 1 rings (SSSR count). The average Bonchev–Trinajstić information content (AvgIpc) is 2.72. The second-order valence-corrected chi connectivity index (χ2v) is 6.80. The SMILES string of the molecule is CCCn1ccnc1C(CC(C)CC(C)(C)C)NN. The van der Waals surface area contributed by atoms with Gasteiger partial charge in [-0.1, -0.05) is 34.6 Å². The number of hydrazine groups is 1. The van der Waals surface area contributed by atoms with Crippen molar-refractivity contribution in [3.05, 3.63) is 18.2 Å². The van der Waals surface area contributed by atoms with Crippen molar-refractivity contribution in [2.75, 3.05) is 0 Å². The first kappa shape index (κ1) is 16.2. The van der Waals surface area contributed by atoms with Crippen molar-refractivity contribution in [2.45, 2.75) is 66.5 Å². The van der Waals surface area contributed by atoms with Gasteiger partial charge in [0.05, 0.1) is 6.04 Å². The number of nitrogens with two attached hydrogens (primary N) is 1. The highest BCUT2D eigenvalue weighted by molar-refractivity contribution is 4.99. The maximum Gasteiger partial charge on any atom is 0.127 e. The predicted molar refractivity (Wildman–Crippen MR) is 80.4 cm³/mol. The lowest BCUT2D eigenvalue weighted by molar-refractivity contribution is 0.271. The molecule has 0 aliphatic rings. The second-order valence-electron chi connectivity index (χ2n) is 6.80. The van der Waals surface area contributed by atoms with E-state index in [-0.39, 0.29) is 6.04 Å². The molecule has 0 fully saturated rings. The monoisotopic (exact) mass is 266 g/mol. The molecule has 0 aliphatic heterocycles. The van der Waals surface area contributed by atoms with Crippen LogP contribution in [0.15, 0.2) is 12.4 Å². The van der Waals surface area contributed by atoms with Gasteiger partial charge in [0.1, 0.15) is 5.82 Å². The number of rotatable bonds is 7. The summed E-state index contributed by atoms with van der Waals surface area (Å²) in [7, 11) is 0. The van der Waals surface area contributed by atoms with Gasteiger partial charge in [-0.25, -0.2) is 10.4 Å². The summed E-state index contributed by atoms with van der Waals surface area (Å²) in [6.45, 7) is 12.3. The quantitative estimate of drug-likeness (QED) is 0.588. The third kappa shape index (κ3) is 5.33. The van der Waals surface area contributed by atoms with Crippen molar-refractivity contribution in [1.82, 2.24) is 15.0 Å². The zero-order valence-corrected chi connectivity index (χ0v) is 13.1. The summed E-state index contributed by atoms with van der Waals surface area (Å²) in [5.41, 5.74) is 3.30. The van der Waals surface area contributed by atoms with E-state index in [0.717, 1.165) is 25.2 Å². The highest BCUT2D eigenvalue weighted by Crippen LogP contribution is 2.29. The molecular formula is C15H30N4. The van der Waals surface area contributed by atoms with Crippen LogP contribution in [0.25, 0.3) is 0 Å². The van der Waals surface area contributed by atoms with Crippen molar-refractivity contribution >= 4 is 0 Å². The summed E-state index contributed by atoms with van der Waals surface area (Å²) in [5, 5.41) is 0. The minimum atomic E-state index is 0.138. The van der Waals surface area contributed by atoms with Crippen molar-refractivity contribution in [2.24, 2.45) is 17.2 Å². The van der Waals surface area contributed by atoms with Crippen molar-refractivity contribution in [3.63, 3.8) is 0 Å². The number of nitrogens with zero attached hydrogens (tertiary/aromatic N) is 2. The second kappa shape index (κ2) is 7.06. The summed E-state index contributed by atoms with van der Waals surface area (Å²) >= 11 is 0. The largest absolute Gasteiger partial charge is 0.334 e. The molecule has 1 aromatic rings. The van der Waals surface area contributed by atoms with Crippen LogP contribution in [0.1, 0.15) is 65.7 Å². The van der Waals surface area contributed by atoms with Gasteiger partial charge in [0.2, 0.25) is 0 Å². The summed E-state index contributed by atoms with van der Waals surface area (Å²) in [6, 6.07) is 0.138. The fourth-order valence-electron chi connectivity index (χ4n) is 2.84. The Bertz CT molecular complexity index is 364. The molecule has 2 atom stereocenters. The molecule has 0 amide bonds. The van der Waals surface area contributed by atoms with Crippen molar-refractivity contribution in [3.8, 4) is 0 Å². The van der Waals surface area contributed by atoms with Gasteiger partial charge in [-0.2, -0.15) is 0 Å². The van der Waals surface area contributed by atoms with Crippen LogP contribution in [-0.2, 0) is 6.54 Å². The van der Waals surface area contributed by atoms with E-state index in [1.165, 1.54) is 6.42 Å². The lowest BCUT2D eigenvalue weighted by atomic mass is 9.83. The molecule has 110 valence electrons. The van der Waals surface area contributed by atoms with Crippen molar-refractivity contribution < 1.29 is 0 Å². The number of nitrogens with one attached hydrogen (secondary N) is 1. The van der Waals surface area contributed by atoms with E-state index in [9.17, 15) is 0 Å². The lowest BCUT2D eigenvalue weighted by Gasteiger charge is -2.26. The zero-order chi connectivity index (χ0) is 14.5. The molecule has 4 heteroatoms. The van der Waals surface area contributed by atoms with E-state index in [4.69, 9.17) is 5.84 Å². The van der Waals surface area contributed by atoms with Crippen LogP contribution in [0.4, 0.5) is 0 Å². The van der Waals surface area contributed by atoms with Crippen LogP contribution in [0.3, 0.4) is 0 Å². The van der Waals surface area contributed by atoms with Gasteiger partial charge in [-0.3, -0.25) is 5.84 Å². The van der Waals surface area contributed by atoms with Crippen LogP contribution in [0.2, 0.25) is 0 Å². The summed E-state index contributed by atoms with van der Waals surface area (Å²) in [6.07, 6.45) is 7.23. The third-order valence-electron chi connectivity index (χ3n) is 3.32. The standard InChI is InChI=1S/C15H30N4/c1-6-8-19-9-7-17-14(19)13(18-16)10-12(2)11-15(3,4)5/h7,9,12-13,18H,6,8,10-11,16H2,1-5H3. The van der Waals surface area contributed by atoms with Crippen molar-refractivity contribution in [1.29, 1.82) is 0 Å². The molecule has 4 nitrogen and oxygen atoms in total. The Kier molecular flexibility index (Phi) is 6.01. The van der Waals surface area contributed by atoms with Gasteiger partial charge in [0.25, 0.3) is 0 Å². The minimum absolute atomic E-state index is 0.138. The normalized spacial score (nSPS) is 15.5. The summed E-state index contributed by atoms with van der Waals surface area (Å²) < 4.78 is 2.20. The summed E-state index contributed by atoms with van der Waals surface area (Å²) in [4.78, 5) is 4.48. The number of aromatic nitrogens is 2. The Morgan fingerprint density at radius 2 is 2.11 bits per heavy atom. The molecule has 0 aromatic carbocycles. The van der Waals surface area contributed by atoms with Gasteiger partial charge in [0.15, 0.2) is 0 Å². The first-order chi connectivity index (χ1) is 8.87. The van der Waals surface area contributed by atoms with Gasteiger partial charge >= 0.3 is 0 Å². The van der Waals surface area contributed by atoms with Crippen LogP contribution in [0, 0.1) is 11.3 Å². The Hall–Kier alpha value is -0.870. The van der Waals surface area contributed by atoms with Gasteiger partial charge in [-0.05, 0) is 30.6 Å². The smallest absolute Gasteiger partial charge is 0.127 e. The molecule has 0 radical (unpaired) electrons. The molecule has 3 N–H and O–H groups in total. The topological polar surface area (TPSA) is 55.9 Å². The summed E-state index contributed by atoms with van der Waals surface area (Å²) in [5.74, 6) is 7.42. The minimum Gasteiger partial charge on any atom is -0.334 e. The van der Waals surface area contributed by atoms with E-state index in [1.54, 1.807) is 0 Å². The van der Waals surface area contributed by atoms with Gasteiger partial charge < -0.3 is 4.57 Å².